The number of hydrogen-bond acceptors (Lipinski definition) is 5. The Hall–Kier alpha value is -2.56. The molecule has 2 saturated heterocycles. The van der Waals surface area contributed by atoms with Gasteiger partial charge in [-0.05, 0) is 30.9 Å². The maximum absolute atomic E-state index is 13.8. The molecular weight excluding hydrogens is 412 g/mol. The Morgan fingerprint density at radius 2 is 2.03 bits per heavy atom. The summed E-state index contributed by atoms with van der Waals surface area (Å²) in [7, 11) is 0. The SMILES string of the molecule is O=C1NC2(CO1)CN(C(=O)OC1CC(COCc3ccc(C(F)(F)F)cc3F)C1)C2. The van der Waals surface area contributed by atoms with Crippen molar-refractivity contribution in [3.05, 3.63) is 35.1 Å². The monoisotopic (exact) mass is 432 g/mol. The number of likely N-dealkylation sites (tertiary alicyclic amines) is 1. The lowest BCUT2D eigenvalue weighted by Crippen LogP contribution is -2.70. The summed E-state index contributed by atoms with van der Waals surface area (Å²) < 4.78 is 67.1. The average molecular weight is 432 g/mol. The highest BCUT2D eigenvalue weighted by atomic mass is 19.4. The predicted molar refractivity (Wildman–Crippen MR) is 92.8 cm³/mol. The maximum atomic E-state index is 13.8. The minimum Gasteiger partial charge on any atom is -0.447 e. The van der Waals surface area contributed by atoms with Crippen molar-refractivity contribution < 1.29 is 41.4 Å². The summed E-state index contributed by atoms with van der Waals surface area (Å²) in [6, 6.07) is 2.35. The molecule has 1 spiro atoms. The van der Waals surface area contributed by atoms with Gasteiger partial charge in [0.15, 0.2) is 0 Å². The molecule has 164 valence electrons. The number of cyclic esters (lactones) is 1. The summed E-state index contributed by atoms with van der Waals surface area (Å²) >= 11 is 0. The molecule has 0 atom stereocenters. The molecule has 4 rings (SSSR count). The van der Waals surface area contributed by atoms with Crippen molar-refractivity contribution in [2.75, 3.05) is 26.3 Å². The first kappa shape index (κ1) is 20.7. The third-order valence-electron chi connectivity index (χ3n) is 5.54. The summed E-state index contributed by atoms with van der Waals surface area (Å²) in [6.07, 6.45) is -4.56. The average Bonchev–Trinajstić information content (AvgIpc) is 3.00. The van der Waals surface area contributed by atoms with Gasteiger partial charge in [0.1, 0.15) is 24.1 Å². The second-order valence-electron chi connectivity index (χ2n) is 8.00. The lowest BCUT2D eigenvalue weighted by Gasteiger charge is -2.46. The van der Waals surface area contributed by atoms with Crippen molar-refractivity contribution >= 4 is 12.2 Å². The van der Waals surface area contributed by atoms with Crippen LogP contribution in [0.25, 0.3) is 0 Å². The summed E-state index contributed by atoms with van der Waals surface area (Å²) in [5, 5.41) is 2.68. The van der Waals surface area contributed by atoms with Gasteiger partial charge in [0.05, 0.1) is 31.9 Å². The molecule has 3 fully saturated rings. The van der Waals surface area contributed by atoms with E-state index in [-0.39, 0.29) is 30.8 Å². The van der Waals surface area contributed by atoms with Gasteiger partial charge in [0.25, 0.3) is 0 Å². The molecule has 1 aliphatic carbocycles. The molecule has 0 unspecified atom stereocenters. The molecule has 2 aliphatic heterocycles. The van der Waals surface area contributed by atoms with Crippen LogP contribution in [0.4, 0.5) is 27.2 Å². The van der Waals surface area contributed by atoms with E-state index in [9.17, 15) is 27.2 Å². The summed E-state index contributed by atoms with van der Waals surface area (Å²) in [5.41, 5.74) is -1.48. The van der Waals surface area contributed by atoms with Crippen molar-refractivity contribution in [1.29, 1.82) is 0 Å². The number of nitrogens with one attached hydrogen (secondary N) is 1. The number of carbonyl (C=O) groups is 2. The smallest absolute Gasteiger partial charge is 0.416 e. The minimum atomic E-state index is -4.59. The van der Waals surface area contributed by atoms with E-state index in [0.717, 1.165) is 12.1 Å². The lowest BCUT2D eigenvalue weighted by atomic mass is 9.83. The van der Waals surface area contributed by atoms with Crippen LogP contribution in [-0.4, -0.2) is 55.0 Å². The van der Waals surface area contributed by atoms with Crippen molar-refractivity contribution in [1.82, 2.24) is 10.2 Å². The highest BCUT2D eigenvalue weighted by molar-refractivity contribution is 5.74. The first-order valence-electron chi connectivity index (χ1n) is 9.47. The Labute approximate surface area is 169 Å². The fraction of sp³-hybridized carbons (Fsp3) is 0.579. The molecule has 11 heteroatoms. The van der Waals surface area contributed by atoms with Gasteiger partial charge in [0.2, 0.25) is 0 Å². The molecule has 1 aromatic rings. The second-order valence-corrected chi connectivity index (χ2v) is 8.00. The van der Waals surface area contributed by atoms with Crippen LogP contribution in [-0.2, 0) is 27.0 Å². The van der Waals surface area contributed by atoms with Gasteiger partial charge < -0.3 is 24.4 Å². The summed E-state index contributed by atoms with van der Waals surface area (Å²) in [6.45, 7) is 1.09. The predicted octanol–water partition coefficient (Wildman–Crippen LogP) is 3.07. The van der Waals surface area contributed by atoms with Crippen molar-refractivity contribution in [2.24, 2.45) is 5.92 Å². The van der Waals surface area contributed by atoms with E-state index in [1.807, 2.05) is 0 Å². The number of halogens is 4. The second kappa shape index (κ2) is 7.60. The van der Waals surface area contributed by atoms with Crippen LogP contribution in [0, 0.1) is 11.7 Å². The standard InChI is InChI=1S/C19H20F4N2O5/c20-15-5-13(19(21,22)23)2-1-12(15)7-28-6-11-3-14(4-11)30-17(27)25-8-18(9-25)10-29-16(26)24-18/h1-2,5,11,14H,3-4,6-10H2,(H,24,26). The number of alkyl carbamates (subject to hydrolysis) is 1. The molecule has 1 N–H and O–H groups in total. The van der Waals surface area contributed by atoms with E-state index in [4.69, 9.17) is 14.2 Å². The highest BCUT2D eigenvalue weighted by Gasteiger charge is 2.52. The first-order valence-corrected chi connectivity index (χ1v) is 9.47. The number of ether oxygens (including phenoxy) is 3. The Balaban J connectivity index is 1.13. The molecule has 0 radical (unpaired) electrons. The van der Waals surface area contributed by atoms with Crippen molar-refractivity contribution in [3.63, 3.8) is 0 Å². The number of nitrogens with zero attached hydrogens (tertiary/aromatic N) is 1. The zero-order valence-corrected chi connectivity index (χ0v) is 15.8. The lowest BCUT2D eigenvalue weighted by molar-refractivity contribution is -0.137. The minimum absolute atomic E-state index is 0.0556. The molecule has 1 aromatic carbocycles. The zero-order valence-electron chi connectivity index (χ0n) is 15.8. The number of benzene rings is 1. The van der Waals surface area contributed by atoms with Crippen LogP contribution < -0.4 is 5.32 Å². The Kier molecular flexibility index (Phi) is 5.25. The molecule has 0 bridgehead atoms. The maximum Gasteiger partial charge on any atom is 0.416 e. The van der Waals surface area contributed by atoms with E-state index < -0.39 is 35.3 Å². The van der Waals surface area contributed by atoms with Crippen LogP contribution in [0.3, 0.4) is 0 Å². The van der Waals surface area contributed by atoms with Gasteiger partial charge >= 0.3 is 18.4 Å². The number of amides is 2. The topological polar surface area (TPSA) is 77.1 Å². The van der Waals surface area contributed by atoms with Gasteiger partial charge in [-0.15, -0.1) is 0 Å². The van der Waals surface area contributed by atoms with Crippen LogP contribution >= 0.6 is 0 Å². The number of rotatable bonds is 5. The van der Waals surface area contributed by atoms with Crippen molar-refractivity contribution in [2.45, 2.75) is 37.3 Å². The van der Waals surface area contributed by atoms with E-state index in [1.54, 1.807) is 0 Å². The van der Waals surface area contributed by atoms with Gasteiger partial charge in [0, 0.05) is 5.56 Å². The Morgan fingerprint density at radius 1 is 1.30 bits per heavy atom. The molecule has 3 aliphatic rings. The van der Waals surface area contributed by atoms with Crippen LogP contribution in [0.15, 0.2) is 18.2 Å². The molecule has 30 heavy (non-hydrogen) atoms. The van der Waals surface area contributed by atoms with Crippen LogP contribution in [0.2, 0.25) is 0 Å². The quantitative estimate of drug-likeness (QED) is 0.724. The molecule has 7 nitrogen and oxygen atoms in total. The van der Waals surface area contributed by atoms with E-state index in [1.165, 1.54) is 4.90 Å². The molecule has 2 heterocycles. The van der Waals surface area contributed by atoms with Crippen molar-refractivity contribution in [3.8, 4) is 0 Å². The van der Waals surface area contributed by atoms with Crippen LogP contribution in [0.5, 0.6) is 0 Å². The molecule has 2 amide bonds. The van der Waals surface area contributed by atoms with E-state index >= 15 is 0 Å². The largest absolute Gasteiger partial charge is 0.447 e. The Bertz CT molecular complexity index is 835. The third kappa shape index (κ3) is 4.30. The molecule has 0 aromatic heterocycles. The summed E-state index contributed by atoms with van der Waals surface area (Å²) in [4.78, 5) is 24.7. The normalized spacial score (nSPS) is 24.7. The third-order valence-corrected chi connectivity index (χ3v) is 5.54. The van der Waals surface area contributed by atoms with Gasteiger partial charge in [-0.3, -0.25) is 0 Å². The zero-order chi connectivity index (χ0) is 21.5. The number of hydrogen-bond donors (Lipinski definition) is 1. The van der Waals surface area contributed by atoms with Gasteiger partial charge in [-0.2, -0.15) is 13.2 Å². The van der Waals surface area contributed by atoms with Gasteiger partial charge in [-0.1, -0.05) is 6.07 Å². The number of alkyl halides is 3. The fourth-order valence-corrected chi connectivity index (χ4v) is 3.78. The number of carbonyl (C=O) groups excluding carboxylic acids is 2. The van der Waals surface area contributed by atoms with E-state index in [0.29, 0.717) is 38.6 Å². The Morgan fingerprint density at radius 3 is 2.63 bits per heavy atom. The van der Waals surface area contributed by atoms with E-state index in [2.05, 4.69) is 5.32 Å². The molecular formula is C19H20F4N2O5. The summed E-state index contributed by atoms with van der Waals surface area (Å²) in [5.74, 6) is -0.827. The fourth-order valence-electron chi connectivity index (χ4n) is 3.78. The van der Waals surface area contributed by atoms with Gasteiger partial charge in [-0.25, -0.2) is 14.0 Å². The molecule has 1 saturated carbocycles. The highest BCUT2D eigenvalue weighted by Crippen LogP contribution is 2.33. The first-order chi connectivity index (χ1) is 14.1. The van der Waals surface area contributed by atoms with Crippen LogP contribution in [0.1, 0.15) is 24.0 Å².